The third-order valence-corrected chi connectivity index (χ3v) is 4.00. The maximum atomic E-state index is 12.0. The number of nitrogens with one attached hydrogen (secondary N) is 1. The first kappa shape index (κ1) is 14.5. The molecule has 5 heteroatoms. The van der Waals surface area contributed by atoms with E-state index in [1.165, 1.54) is 11.8 Å². The van der Waals surface area contributed by atoms with Crippen LogP contribution in [0.5, 0.6) is 0 Å². The van der Waals surface area contributed by atoms with Gasteiger partial charge < -0.3 is 5.32 Å². The molecule has 0 bridgehead atoms. The molecule has 1 fully saturated rings. The van der Waals surface area contributed by atoms with E-state index in [0.717, 1.165) is 22.4 Å². The number of aliphatic imine (C=N–C) groups is 1. The summed E-state index contributed by atoms with van der Waals surface area (Å²) in [5, 5.41) is 3.41. The van der Waals surface area contributed by atoms with Crippen molar-refractivity contribution < 1.29 is 4.79 Å². The lowest BCUT2D eigenvalue weighted by Gasteiger charge is -2.00. The third-order valence-electron chi connectivity index (χ3n) is 3.09. The number of aryl methyl sites for hydroxylation is 2. The number of benzene rings is 1. The SMILES string of the molecule is Cc1cc(C)cc(N=C2NC(=O)/C(=C/c3ccncc3)S2)c1. The third kappa shape index (κ3) is 3.43. The van der Waals surface area contributed by atoms with Crippen molar-refractivity contribution in [2.45, 2.75) is 13.8 Å². The molecule has 0 unspecified atom stereocenters. The number of hydrogen-bond donors (Lipinski definition) is 1. The second kappa shape index (κ2) is 6.15. The summed E-state index contributed by atoms with van der Waals surface area (Å²) in [6.45, 7) is 4.07. The van der Waals surface area contributed by atoms with Gasteiger partial charge in [-0.1, -0.05) is 6.07 Å². The Kier molecular flexibility index (Phi) is 4.06. The first-order chi connectivity index (χ1) is 10.6. The molecule has 0 saturated carbocycles. The molecule has 1 aromatic heterocycles. The topological polar surface area (TPSA) is 54.4 Å². The molecule has 1 saturated heterocycles. The smallest absolute Gasteiger partial charge is 0.264 e. The number of hydrogen-bond acceptors (Lipinski definition) is 4. The molecule has 1 amide bonds. The molecule has 0 spiro atoms. The number of amidine groups is 1. The highest BCUT2D eigenvalue weighted by atomic mass is 32.2. The Morgan fingerprint density at radius 3 is 2.50 bits per heavy atom. The van der Waals surface area contributed by atoms with E-state index in [1.54, 1.807) is 12.4 Å². The van der Waals surface area contributed by atoms with Crippen molar-refractivity contribution in [3.63, 3.8) is 0 Å². The van der Waals surface area contributed by atoms with Crippen molar-refractivity contribution in [3.05, 3.63) is 64.3 Å². The van der Waals surface area contributed by atoms with Gasteiger partial charge in [-0.3, -0.25) is 9.78 Å². The summed E-state index contributed by atoms with van der Waals surface area (Å²) in [6, 6.07) is 9.81. The van der Waals surface area contributed by atoms with Crippen molar-refractivity contribution >= 4 is 34.6 Å². The Hall–Kier alpha value is -2.40. The van der Waals surface area contributed by atoms with E-state index in [2.05, 4.69) is 21.4 Å². The first-order valence-corrected chi connectivity index (χ1v) is 7.70. The van der Waals surface area contributed by atoms with Crippen LogP contribution in [-0.2, 0) is 4.79 Å². The summed E-state index contributed by atoms with van der Waals surface area (Å²) in [6.07, 6.45) is 5.24. The fourth-order valence-electron chi connectivity index (χ4n) is 2.22. The van der Waals surface area contributed by atoms with Crippen LogP contribution in [0.2, 0.25) is 0 Å². The fraction of sp³-hybridized carbons (Fsp3) is 0.118. The zero-order valence-electron chi connectivity index (χ0n) is 12.3. The lowest BCUT2D eigenvalue weighted by Crippen LogP contribution is -2.19. The van der Waals surface area contributed by atoms with Crippen LogP contribution >= 0.6 is 11.8 Å². The summed E-state index contributed by atoms with van der Waals surface area (Å²) >= 11 is 1.35. The largest absolute Gasteiger partial charge is 0.300 e. The van der Waals surface area contributed by atoms with Gasteiger partial charge in [0.05, 0.1) is 10.6 Å². The van der Waals surface area contributed by atoms with Gasteiger partial charge in [0.1, 0.15) is 0 Å². The quantitative estimate of drug-likeness (QED) is 0.863. The van der Waals surface area contributed by atoms with Gasteiger partial charge in [0.15, 0.2) is 5.17 Å². The second-order valence-electron chi connectivity index (χ2n) is 5.11. The number of carbonyl (C=O) groups excluding carboxylic acids is 1. The fourth-order valence-corrected chi connectivity index (χ4v) is 3.07. The van der Waals surface area contributed by atoms with Gasteiger partial charge in [-0.15, -0.1) is 0 Å². The standard InChI is InChI=1S/C17H15N3OS/c1-11-7-12(2)9-14(8-11)19-17-20-16(21)15(22-17)10-13-3-5-18-6-4-13/h3-10H,1-2H3,(H,19,20,21)/b15-10-. The Labute approximate surface area is 133 Å². The van der Waals surface area contributed by atoms with Gasteiger partial charge in [-0.05, 0) is 72.6 Å². The van der Waals surface area contributed by atoms with Crippen molar-refractivity contribution in [1.82, 2.24) is 10.3 Å². The molecule has 1 aliphatic rings. The van der Waals surface area contributed by atoms with E-state index in [4.69, 9.17) is 0 Å². The minimum absolute atomic E-state index is 0.120. The maximum absolute atomic E-state index is 12.0. The molecule has 1 N–H and O–H groups in total. The number of carbonyl (C=O) groups is 1. The first-order valence-electron chi connectivity index (χ1n) is 6.88. The molecule has 0 atom stereocenters. The predicted octanol–water partition coefficient (Wildman–Crippen LogP) is 3.59. The van der Waals surface area contributed by atoms with Crippen LogP contribution in [0, 0.1) is 13.8 Å². The van der Waals surface area contributed by atoms with Crippen LogP contribution in [0.25, 0.3) is 6.08 Å². The molecule has 110 valence electrons. The summed E-state index contributed by atoms with van der Waals surface area (Å²) in [7, 11) is 0. The van der Waals surface area contributed by atoms with Gasteiger partial charge in [-0.25, -0.2) is 4.99 Å². The van der Waals surface area contributed by atoms with Crippen LogP contribution in [0.1, 0.15) is 16.7 Å². The van der Waals surface area contributed by atoms with E-state index < -0.39 is 0 Å². The van der Waals surface area contributed by atoms with E-state index >= 15 is 0 Å². The monoisotopic (exact) mass is 309 g/mol. The number of nitrogens with zero attached hydrogens (tertiary/aromatic N) is 2. The average molecular weight is 309 g/mol. The van der Waals surface area contributed by atoms with Gasteiger partial charge in [0, 0.05) is 12.4 Å². The Balaban J connectivity index is 1.85. The van der Waals surface area contributed by atoms with Crippen LogP contribution in [0.4, 0.5) is 5.69 Å². The minimum atomic E-state index is -0.120. The average Bonchev–Trinajstić information content (AvgIpc) is 2.78. The Morgan fingerprint density at radius 2 is 1.82 bits per heavy atom. The summed E-state index contributed by atoms with van der Waals surface area (Å²) < 4.78 is 0. The second-order valence-corrected chi connectivity index (χ2v) is 6.14. The molecule has 22 heavy (non-hydrogen) atoms. The van der Waals surface area contributed by atoms with E-state index in [9.17, 15) is 4.79 Å². The number of amides is 1. The Bertz CT molecular complexity index is 761. The maximum Gasteiger partial charge on any atom is 0.264 e. The van der Waals surface area contributed by atoms with E-state index in [0.29, 0.717) is 10.1 Å². The Morgan fingerprint density at radius 1 is 1.14 bits per heavy atom. The lowest BCUT2D eigenvalue weighted by molar-refractivity contribution is -0.115. The highest BCUT2D eigenvalue weighted by Gasteiger charge is 2.23. The van der Waals surface area contributed by atoms with Crippen LogP contribution in [-0.4, -0.2) is 16.1 Å². The number of rotatable bonds is 2. The lowest BCUT2D eigenvalue weighted by atomic mass is 10.1. The number of aromatic nitrogens is 1. The van der Waals surface area contributed by atoms with Crippen LogP contribution in [0.15, 0.2) is 52.6 Å². The summed E-state index contributed by atoms with van der Waals surface area (Å²) in [4.78, 5) is 21.1. The molecule has 2 aromatic rings. The molecule has 1 aliphatic heterocycles. The molecule has 4 nitrogen and oxygen atoms in total. The summed E-state index contributed by atoms with van der Waals surface area (Å²) in [5.41, 5.74) is 4.10. The normalized spacial score (nSPS) is 18.0. The number of pyridine rings is 1. The highest BCUT2D eigenvalue weighted by molar-refractivity contribution is 8.18. The molecule has 3 rings (SSSR count). The molecule has 0 radical (unpaired) electrons. The van der Waals surface area contributed by atoms with Crippen molar-refractivity contribution in [3.8, 4) is 0 Å². The zero-order chi connectivity index (χ0) is 15.5. The highest BCUT2D eigenvalue weighted by Crippen LogP contribution is 2.28. The molecule has 1 aromatic carbocycles. The van der Waals surface area contributed by atoms with Gasteiger partial charge >= 0.3 is 0 Å². The molecule has 0 aliphatic carbocycles. The summed E-state index contributed by atoms with van der Waals surface area (Å²) in [5.74, 6) is -0.120. The van der Waals surface area contributed by atoms with Crippen LogP contribution < -0.4 is 5.32 Å². The number of thioether (sulfide) groups is 1. The molecular formula is C17H15N3OS. The van der Waals surface area contributed by atoms with E-state index in [-0.39, 0.29) is 5.91 Å². The van der Waals surface area contributed by atoms with Crippen molar-refractivity contribution in [2.75, 3.05) is 0 Å². The predicted molar refractivity (Wildman–Crippen MR) is 91.0 cm³/mol. The molecular weight excluding hydrogens is 294 g/mol. The van der Waals surface area contributed by atoms with Crippen molar-refractivity contribution in [1.29, 1.82) is 0 Å². The van der Waals surface area contributed by atoms with E-state index in [1.807, 2.05) is 44.2 Å². The molecule has 2 heterocycles. The van der Waals surface area contributed by atoms with Gasteiger partial charge in [0.2, 0.25) is 0 Å². The van der Waals surface area contributed by atoms with Crippen LogP contribution in [0.3, 0.4) is 0 Å². The van der Waals surface area contributed by atoms with Gasteiger partial charge in [0.25, 0.3) is 5.91 Å². The zero-order valence-corrected chi connectivity index (χ0v) is 13.1. The van der Waals surface area contributed by atoms with Crippen molar-refractivity contribution in [2.24, 2.45) is 4.99 Å². The van der Waals surface area contributed by atoms with Gasteiger partial charge in [-0.2, -0.15) is 0 Å². The minimum Gasteiger partial charge on any atom is -0.300 e.